The lowest BCUT2D eigenvalue weighted by Crippen LogP contribution is -2.37. The van der Waals surface area contributed by atoms with E-state index in [-0.39, 0.29) is 17.7 Å². The number of benzene rings is 2. The van der Waals surface area contributed by atoms with Gasteiger partial charge in [-0.3, -0.25) is 9.59 Å². The van der Waals surface area contributed by atoms with Crippen LogP contribution in [0.2, 0.25) is 0 Å². The van der Waals surface area contributed by atoms with Crippen LogP contribution in [0.4, 0.5) is 17.3 Å². The molecule has 10 heteroatoms. The van der Waals surface area contributed by atoms with E-state index in [2.05, 4.69) is 25.7 Å². The van der Waals surface area contributed by atoms with Crippen LogP contribution in [0.15, 0.2) is 61.1 Å². The zero-order valence-corrected chi connectivity index (χ0v) is 19.6. The van der Waals surface area contributed by atoms with Crippen LogP contribution in [0.1, 0.15) is 23.2 Å². The van der Waals surface area contributed by atoms with Crippen molar-refractivity contribution in [1.29, 1.82) is 0 Å². The van der Waals surface area contributed by atoms with Crippen molar-refractivity contribution in [3.63, 3.8) is 0 Å². The number of aromatic nitrogens is 4. The molecule has 0 radical (unpaired) electrons. The molecule has 6 rings (SSSR count). The Kier molecular flexibility index (Phi) is 5.78. The maximum absolute atomic E-state index is 12.7. The molecule has 2 aromatic carbocycles. The van der Waals surface area contributed by atoms with Crippen molar-refractivity contribution in [2.45, 2.75) is 12.8 Å². The van der Waals surface area contributed by atoms with Crippen molar-refractivity contribution in [2.24, 2.45) is 5.92 Å². The first kappa shape index (κ1) is 22.2. The molecule has 2 N–H and O–H groups in total. The fraction of sp³-hybridized carbons (Fsp3) is 0.269. The third-order valence-electron chi connectivity index (χ3n) is 6.35. The van der Waals surface area contributed by atoms with Crippen LogP contribution in [-0.4, -0.2) is 57.9 Å². The lowest BCUT2D eigenvalue weighted by atomic mass is 10.2. The summed E-state index contributed by atoms with van der Waals surface area (Å²) >= 11 is 0. The summed E-state index contributed by atoms with van der Waals surface area (Å²) < 4.78 is 7.18. The highest BCUT2D eigenvalue weighted by Gasteiger charge is 2.29. The molecular formula is C26H25N7O3. The first-order valence-electron chi connectivity index (χ1n) is 12.0. The zero-order chi connectivity index (χ0) is 24.5. The summed E-state index contributed by atoms with van der Waals surface area (Å²) in [4.78, 5) is 35.4. The Morgan fingerprint density at radius 2 is 1.61 bits per heavy atom. The second kappa shape index (κ2) is 9.38. The van der Waals surface area contributed by atoms with Gasteiger partial charge in [-0.15, -0.1) is 0 Å². The highest BCUT2D eigenvalue weighted by Crippen LogP contribution is 2.30. The highest BCUT2D eigenvalue weighted by atomic mass is 16.5. The largest absolute Gasteiger partial charge is 0.378 e. The van der Waals surface area contributed by atoms with Crippen molar-refractivity contribution in [3.8, 4) is 5.69 Å². The lowest BCUT2D eigenvalue weighted by Gasteiger charge is -2.26. The topological polar surface area (TPSA) is 114 Å². The Labute approximate surface area is 207 Å². The summed E-state index contributed by atoms with van der Waals surface area (Å²) in [6, 6.07) is 13.2. The van der Waals surface area contributed by atoms with E-state index in [1.54, 1.807) is 18.6 Å². The molecule has 182 valence electrons. The van der Waals surface area contributed by atoms with E-state index in [9.17, 15) is 9.59 Å². The molecule has 1 saturated heterocycles. The molecule has 0 unspecified atom stereocenters. The van der Waals surface area contributed by atoms with Crippen LogP contribution in [-0.2, 0) is 9.53 Å². The quantitative estimate of drug-likeness (QED) is 0.433. The highest BCUT2D eigenvalue weighted by molar-refractivity contribution is 6.04. The lowest BCUT2D eigenvalue weighted by molar-refractivity contribution is -0.117. The third-order valence-corrected chi connectivity index (χ3v) is 6.35. The maximum atomic E-state index is 12.7. The number of nitrogens with zero attached hydrogens (tertiary/aromatic N) is 5. The molecule has 36 heavy (non-hydrogen) atoms. The number of carbonyl (C=O) groups is 2. The molecule has 1 aliphatic carbocycles. The molecule has 0 spiro atoms. The van der Waals surface area contributed by atoms with Gasteiger partial charge in [0.1, 0.15) is 0 Å². The van der Waals surface area contributed by atoms with Gasteiger partial charge in [0, 0.05) is 48.2 Å². The van der Waals surface area contributed by atoms with Crippen LogP contribution in [0.3, 0.4) is 0 Å². The van der Waals surface area contributed by atoms with Gasteiger partial charge in [0.05, 0.1) is 36.2 Å². The van der Waals surface area contributed by atoms with Crippen LogP contribution in [0.5, 0.6) is 0 Å². The van der Waals surface area contributed by atoms with Gasteiger partial charge in [-0.05, 0) is 55.3 Å². The molecule has 4 aromatic rings. The number of carbonyl (C=O) groups excluding carboxylic acids is 2. The van der Waals surface area contributed by atoms with Gasteiger partial charge < -0.3 is 20.3 Å². The van der Waals surface area contributed by atoms with Gasteiger partial charge in [0.2, 0.25) is 11.9 Å². The number of ether oxygens (including phenoxy) is 1. The van der Waals surface area contributed by atoms with Crippen LogP contribution < -0.4 is 15.5 Å². The molecule has 3 heterocycles. The molecule has 1 aliphatic heterocycles. The first-order valence-corrected chi connectivity index (χ1v) is 12.0. The van der Waals surface area contributed by atoms with Crippen LogP contribution in [0, 0.1) is 5.92 Å². The number of rotatable bonds is 6. The summed E-state index contributed by atoms with van der Waals surface area (Å²) in [5, 5.41) is 11.3. The molecule has 0 atom stereocenters. The molecule has 0 bridgehead atoms. The minimum Gasteiger partial charge on any atom is -0.378 e. The molecule has 10 nitrogen and oxygen atoms in total. The fourth-order valence-electron chi connectivity index (χ4n) is 4.16. The van der Waals surface area contributed by atoms with Gasteiger partial charge >= 0.3 is 0 Å². The van der Waals surface area contributed by atoms with Crippen molar-refractivity contribution in [2.75, 3.05) is 41.8 Å². The number of morpholine rings is 1. The first-order chi connectivity index (χ1) is 17.6. The van der Waals surface area contributed by atoms with E-state index in [0.717, 1.165) is 48.2 Å². The molecular weight excluding hydrogens is 458 g/mol. The number of hydrogen-bond donors (Lipinski definition) is 2. The Bertz CT molecular complexity index is 1410. The number of amides is 2. The van der Waals surface area contributed by atoms with Crippen LogP contribution >= 0.6 is 0 Å². The maximum Gasteiger partial charge on any atom is 0.258 e. The minimum absolute atomic E-state index is 0.0847. The second-order valence-electron chi connectivity index (χ2n) is 8.97. The molecule has 2 aliphatic rings. The zero-order valence-electron chi connectivity index (χ0n) is 19.6. The minimum atomic E-state index is -0.279. The standard InChI is InChI=1S/C26H25N7O3/c34-24(17-1-2-17)30-20-3-6-22(7-4-20)33-23-8-5-21(13-18(23)16-29-33)31-25(35)19-14-27-26(28-15-19)32-9-11-36-12-10-32/h3-8,13-17H,1-2,9-12H2,(H,30,34)(H,31,35). The monoisotopic (exact) mass is 483 g/mol. The molecule has 1 saturated carbocycles. The Morgan fingerprint density at radius 1 is 0.889 bits per heavy atom. The fourth-order valence-corrected chi connectivity index (χ4v) is 4.16. The molecule has 2 aromatic heterocycles. The SMILES string of the molecule is O=C(Nc1ccc2c(cnn2-c2ccc(NC(=O)C3CC3)cc2)c1)c1cnc(N2CCOCC2)nc1. The van der Waals surface area contributed by atoms with Gasteiger partial charge in [-0.25, -0.2) is 14.6 Å². The third kappa shape index (κ3) is 4.63. The summed E-state index contributed by atoms with van der Waals surface area (Å²) in [5.41, 5.74) is 3.60. The summed E-state index contributed by atoms with van der Waals surface area (Å²) in [7, 11) is 0. The number of nitrogens with one attached hydrogen (secondary N) is 2. The van der Waals surface area contributed by atoms with Crippen molar-refractivity contribution in [1.82, 2.24) is 19.7 Å². The molecule has 2 fully saturated rings. The summed E-state index contributed by atoms with van der Waals surface area (Å²) in [5.74, 6) is 0.569. The van der Waals surface area contributed by atoms with Gasteiger partial charge in [-0.2, -0.15) is 5.10 Å². The van der Waals surface area contributed by atoms with E-state index in [4.69, 9.17) is 4.74 Å². The predicted molar refractivity (Wildman–Crippen MR) is 135 cm³/mol. The van der Waals surface area contributed by atoms with E-state index < -0.39 is 0 Å². The average Bonchev–Trinajstić information content (AvgIpc) is 3.70. The van der Waals surface area contributed by atoms with Gasteiger partial charge in [0.15, 0.2) is 0 Å². The number of hydrogen-bond acceptors (Lipinski definition) is 7. The number of anilines is 3. The van der Waals surface area contributed by atoms with Crippen molar-refractivity contribution < 1.29 is 14.3 Å². The predicted octanol–water partition coefficient (Wildman–Crippen LogP) is 3.25. The van der Waals surface area contributed by atoms with E-state index in [1.807, 2.05) is 52.0 Å². The average molecular weight is 484 g/mol. The Balaban J connectivity index is 1.14. The Morgan fingerprint density at radius 3 is 2.33 bits per heavy atom. The van der Waals surface area contributed by atoms with Crippen molar-refractivity contribution >= 4 is 40.0 Å². The number of fused-ring (bicyclic) bond motifs is 1. The summed E-state index contributed by atoms with van der Waals surface area (Å²) in [6.45, 7) is 2.77. The van der Waals surface area contributed by atoms with Crippen LogP contribution in [0.25, 0.3) is 16.6 Å². The van der Waals surface area contributed by atoms with E-state index in [1.165, 1.54) is 0 Å². The molecule has 2 amide bonds. The van der Waals surface area contributed by atoms with Crippen molar-refractivity contribution in [3.05, 3.63) is 66.6 Å². The smallest absolute Gasteiger partial charge is 0.258 e. The van der Waals surface area contributed by atoms with E-state index in [0.29, 0.717) is 30.4 Å². The Hall–Kier alpha value is -4.31. The van der Waals surface area contributed by atoms with E-state index >= 15 is 0 Å². The summed E-state index contributed by atoms with van der Waals surface area (Å²) in [6.07, 6.45) is 6.79. The second-order valence-corrected chi connectivity index (χ2v) is 8.97. The van der Waals surface area contributed by atoms with Gasteiger partial charge in [0.25, 0.3) is 5.91 Å². The van der Waals surface area contributed by atoms with Gasteiger partial charge in [-0.1, -0.05) is 0 Å². The normalized spacial score (nSPS) is 15.6.